The summed E-state index contributed by atoms with van der Waals surface area (Å²) in [7, 11) is -2.17. The van der Waals surface area contributed by atoms with E-state index in [9.17, 15) is 13.2 Å². The summed E-state index contributed by atoms with van der Waals surface area (Å²) in [5.41, 5.74) is 2.35. The molecule has 0 spiro atoms. The average molecular weight is 348 g/mol. The van der Waals surface area contributed by atoms with Gasteiger partial charge in [-0.3, -0.25) is 9.52 Å². The minimum absolute atomic E-state index is 0.187. The Morgan fingerprint density at radius 3 is 2.12 bits per heavy atom. The summed E-state index contributed by atoms with van der Waals surface area (Å²) in [4.78, 5) is 11.2. The van der Waals surface area contributed by atoms with Crippen LogP contribution in [-0.4, -0.2) is 21.4 Å². The average Bonchev–Trinajstić information content (AvgIpc) is 2.50. The summed E-state index contributed by atoms with van der Waals surface area (Å²) >= 11 is 0. The fourth-order valence-corrected chi connectivity index (χ4v) is 3.68. The number of nitrogens with one attached hydrogen (secondary N) is 2. The van der Waals surface area contributed by atoms with Gasteiger partial charge < -0.3 is 10.1 Å². The molecule has 0 aromatic heterocycles. The van der Waals surface area contributed by atoms with Gasteiger partial charge in [0.05, 0.1) is 12.0 Å². The molecule has 0 aliphatic heterocycles. The Bertz CT molecular complexity index is 859. The Kier molecular flexibility index (Phi) is 5.14. The van der Waals surface area contributed by atoms with E-state index in [1.165, 1.54) is 6.92 Å². The van der Waals surface area contributed by atoms with Gasteiger partial charge in [-0.05, 0) is 61.4 Å². The Morgan fingerprint density at radius 2 is 1.58 bits per heavy atom. The maximum absolute atomic E-state index is 12.6. The number of benzene rings is 2. The molecule has 2 N–H and O–H groups in total. The van der Waals surface area contributed by atoms with Crippen LogP contribution in [0.5, 0.6) is 5.75 Å². The van der Waals surface area contributed by atoms with Crippen LogP contribution < -0.4 is 14.8 Å². The lowest BCUT2D eigenvalue weighted by molar-refractivity contribution is -0.114. The fourth-order valence-electron chi connectivity index (χ4n) is 2.31. The fraction of sp³-hybridized carbons (Fsp3) is 0.235. The van der Waals surface area contributed by atoms with Crippen molar-refractivity contribution in [3.05, 3.63) is 47.5 Å². The summed E-state index contributed by atoms with van der Waals surface area (Å²) in [6.07, 6.45) is 0. The number of amides is 1. The van der Waals surface area contributed by atoms with E-state index in [4.69, 9.17) is 4.74 Å². The summed E-state index contributed by atoms with van der Waals surface area (Å²) in [6, 6.07) is 9.73. The summed E-state index contributed by atoms with van der Waals surface area (Å²) in [5, 5.41) is 2.63. The van der Waals surface area contributed by atoms with E-state index < -0.39 is 10.0 Å². The van der Waals surface area contributed by atoms with Crippen molar-refractivity contribution in [1.29, 1.82) is 0 Å². The number of carbonyl (C=O) groups excluding carboxylic acids is 1. The zero-order valence-electron chi connectivity index (χ0n) is 14.0. The Balaban J connectivity index is 2.28. The molecule has 0 atom stereocenters. The second kappa shape index (κ2) is 6.92. The number of rotatable bonds is 5. The van der Waals surface area contributed by atoms with E-state index in [2.05, 4.69) is 10.0 Å². The topological polar surface area (TPSA) is 84.5 Å². The third kappa shape index (κ3) is 4.05. The normalized spacial score (nSPS) is 11.0. The molecule has 24 heavy (non-hydrogen) atoms. The molecule has 0 aliphatic rings. The Hall–Kier alpha value is -2.54. The van der Waals surface area contributed by atoms with Crippen LogP contribution in [0, 0.1) is 13.8 Å². The number of aryl methyl sites for hydroxylation is 2. The molecule has 2 aromatic carbocycles. The van der Waals surface area contributed by atoms with Crippen LogP contribution in [0.2, 0.25) is 0 Å². The molecule has 1 amide bonds. The molecule has 2 aromatic rings. The van der Waals surface area contributed by atoms with Gasteiger partial charge in [0.2, 0.25) is 5.91 Å². The first-order chi connectivity index (χ1) is 11.2. The molecule has 2 rings (SSSR count). The number of ether oxygens (including phenoxy) is 1. The largest absolute Gasteiger partial charge is 0.496 e. The third-order valence-electron chi connectivity index (χ3n) is 3.44. The maximum Gasteiger partial charge on any atom is 0.262 e. The van der Waals surface area contributed by atoms with Gasteiger partial charge in [0.1, 0.15) is 5.75 Å². The first-order valence-electron chi connectivity index (χ1n) is 7.28. The van der Waals surface area contributed by atoms with E-state index in [0.29, 0.717) is 22.7 Å². The van der Waals surface area contributed by atoms with Gasteiger partial charge in [0, 0.05) is 18.3 Å². The molecule has 0 saturated carbocycles. The second-order valence-corrected chi connectivity index (χ2v) is 7.10. The minimum atomic E-state index is -3.72. The van der Waals surface area contributed by atoms with Crippen molar-refractivity contribution in [2.75, 3.05) is 17.1 Å². The van der Waals surface area contributed by atoms with Crippen LogP contribution in [-0.2, 0) is 14.8 Å². The highest BCUT2D eigenvalue weighted by Gasteiger charge is 2.19. The molecule has 0 unspecified atom stereocenters. The van der Waals surface area contributed by atoms with Crippen LogP contribution in [0.15, 0.2) is 41.3 Å². The van der Waals surface area contributed by atoms with Crippen molar-refractivity contribution in [3.8, 4) is 5.75 Å². The molecule has 0 heterocycles. The Morgan fingerprint density at radius 1 is 1.00 bits per heavy atom. The zero-order chi connectivity index (χ0) is 17.9. The molecular weight excluding hydrogens is 328 g/mol. The van der Waals surface area contributed by atoms with Crippen LogP contribution in [0.25, 0.3) is 0 Å². The molecule has 0 bridgehead atoms. The Labute approximate surface area is 141 Å². The van der Waals surface area contributed by atoms with Crippen LogP contribution in [0.3, 0.4) is 0 Å². The van der Waals surface area contributed by atoms with E-state index in [0.717, 1.165) is 5.56 Å². The van der Waals surface area contributed by atoms with E-state index in [1.807, 2.05) is 0 Å². The van der Waals surface area contributed by atoms with E-state index in [1.54, 1.807) is 57.4 Å². The van der Waals surface area contributed by atoms with Crippen LogP contribution in [0.4, 0.5) is 11.4 Å². The number of methoxy groups -OCH3 is 1. The van der Waals surface area contributed by atoms with Crippen molar-refractivity contribution >= 4 is 27.3 Å². The van der Waals surface area contributed by atoms with Crippen LogP contribution in [0.1, 0.15) is 18.1 Å². The van der Waals surface area contributed by atoms with Gasteiger partial charge in [-0.1, -0.05) is 0 Å². The summed E-state index contributed by atoms with van der Waals surface area (Å²) < 4.78 is 33.0. The number of anilines is 2. The summed E-state index contributed by atoms with van der Waals surface area (Å²) in [5.74, 6) is 0.457. The van der Waals surface area contributed by atoms with Gasteiger partial charge >= 0.3 is 0 Å². The van der Waals surface area contributed by atoms with Gasteiger partial charge in [-0.25, -0.2) is 8.42 Å². The smallest absolute Gasteiger partial charge is 0.262 e. The van der Waals surface area contributed by atoms with Crippen molar-refractivity contribution in [2.45, 2.75) is 25.7 Å². The number of hydrogen-bond donors (Lipinski definition) is 2. The molecule has 0 aliphatic carbocycles. The molecule has 7 heteroatoms. The maximum atomic E-state index is 12.6. The third-order valence-corrected chi connectivity index (χ3v) is 4.96. The SMILES string of the molecule is COc1cc(C)c(S(=O)(=O)Nc2ccc(NC(C)=O)cc2)cc1C. The molecular formula is C17H20N2O4S. The molecule has 0 radical (unpaired) electrons. The number of carbonyl (C=O) groups is 1. The lowest BCUT2D eigenvalue weighted by Crippen LogP contribution is -2.15. The molecule has 6 nitrogen and oxygen atoms in total. The van der Waals surface area contributed by atoms with E-state index in [-0.39, 0.29) is 10.8 Å². The van der Waals surface area contributed by atoms with Gasteiger partial charge in [0.15, 0.2) is 0 Å². The molecule has 0 saturated heterocycles. The van der Waals surface area contributed by atoms with Crippen LogP contribution >= 0.6 is 0 Å². The first-order valence-corrected chi connectivity index (χ1v) is 8.77. The molecule has 0 fully saturated rings. The van der Waals surface area contributed by atoms with Gasteiger partial charge in [0.25, 0.3) is 10.0 Å². The predicted octanol–water partition coefficient (Wildman–Crippen LogP) is 3.07. The zero-order valence-corrected chi connectivity index (χ0v) is 14.8. The van der Waals surface area contributed by atoms with Crippen molar-refractivity contribution in [3.63, 3.8) is 0 Å². The monoisotopic (exact) mass is 348 g/mol. The summed E-state index contributed by atoms with van der Waals surface area (Å²) in [6.45, 7) is 4.92. The standard InChI is InChI=1S/C17H20N2O4S/c1-11-10-17(12(2)9-16(11)23-4)24(21,22)19-15-7-5-14(6-8-15)18-13(3)20/h5-10,19H,1-4H3,(H,18,20). The highest BCUT2D eigenvalue weighted by Crippen LogP contribution is 2.27. The lowest BCUT2D eigenvalue weighted by Gasteiger charge is -2.13. The quantitative estimate of drug-likeness (QED) is 0.870. The molecule has 128 valence electrons. The van der Waals surface area contributed by atoms with Gasteiger partial charge in [-0.15, -0.1) is 0 Å². The first kappa shape index (κ1) is 17.8. The number of hydrogen-bond acceptors (Lipinski definition) is 4. The van der Waals surface area contributed by atoms with Crippen molar-refractivity contribution in [1.82, 2.24) is 0 Å². The lowest BCUT2D eigenvalue weighted by atomic mass is 10.1. The highest BCUT2D eigenvalue weighted by atomic mass is 32.2. The van der Waals surface area contributed by atoms with Gasteiger partial charge in [-0.2, -0.15) is 0 Å². The predicted molar refractivity (Wildman–Crippen MR) is 94.0 cm³/mol. The van der Waals surface area contributed by atoms with E-state index >= 15 is 0 Å². The minimum Gasteiger partial charge on any atom is -0.496 e. The van der Waals surface area contributed by atoms with Crippen molar-refractivity contribution < 1.29 is 17.9 Å². The second-order valence-electron chi connectivity index (χ2n) is 5.45. The highest BCUT2D eigenvalue weighted by molar-refractivity contribution is 7.92. The van der Waals surface area contributed by atoms with Crippen molar-refractivity contribution in [2.24, 2.45) is 0 Å². The number of sulfonamides is 1.